The highest BCUT2D eigenvalue weighted by molar-refractivity contribution is 6.05. The highest BCUT2D eigenvalue weighted by Crippen LogP contribution is 2.36. The van der Waals surface area contributed by atoms with Gasteiger partial charge in [-0.05, 0) is 80.4 Å². The van der Waals surface area contributed by atoms with Crippen LogP contribution in [0.15, 0.2) is 97.3 Å². The Bertz CT molecular complexity index is 2340. The van der Waals surface area contributed by atoms with Crippen molar-refractivity contribution >= 4 is 34.6 Å². The first kappa shape index (κ1) is 36.0. The summed E-state index contributed by atoms with van der Waals surface area (Å²) >= 11 is 0. The number of hydrogen-bond donors (Lipinski definition) is 2. The lowest BCUT2D eigenvalue weighted by atomic mass is 9.98. The average molecular weight is 751 g/mol. The van der Waals surface area contributed by atoms with Gasteiger partial charge in [0.15, 0.2) is 0 Å². The number of imidazole rings is 1. The van der Waals surface area contributed by atoms with Gasteiger partial charge in [-0.1, -0.05) is 24.3 Å². The summed E-state index contributed by atoms with van der Waals surface area (Å²) in [5.74, 6) is -4.15. The van der Waals surface area contributed by atoms with E-state index < -0.39 is 29.2 Å². The van der Waals surface area contributed by atoms with Crippen LogP contribution in [-0.2, 0) is 0 Å². The molecule has 2 N–H and O–H groups in total. The molecule has 0 bridgehead atoms. The van der Waals surface area contributed by atoms with Gasteiger partial charge in [-0.25, -0.2) is 32.5 Å². The second kappa shape index (κ2) is 15.0. The molecular weight excluding hydrogens is 712 g/mol. The van der Waals surface area contributed by atoms with Crippen LogP contribution < -0.4 is 20.3 Å². The largest absolute Gasteiger partial charge is 0.494 e. The number of aromatic nitrogens is 4. The number of piperidine rings is 2. The second-order valence-corrected chi connectivity index (χ2v) is 13.8. The monoisotopic (exact) mass is 750 g/mol. The molecule has 14 heteroatoms. The van der Waals surface area contributed by atoms with Crippen molar-refractivity contribution in [3.8, 4) is 28.4 Å². The predicted molar refractivity (Wildman–Crippen MR) is 203 cm³/mol. The number of halogens is 4. The molecule has 0 radical (unpaired) electrons. The molecule has 10 nitrogen and oxygen atoms in total. The van der Waals surface area contributed by atoms with Gasteiger partial charge in [0.25, 0.3) is 11.8 Å². The third kappa shape index (κ3) is 7.54. The van der Waals surface area contributed by atoms with Crippen LogP contribution in [0.25, 0.3) is 28.3 Å². The lowest BCUT2D eigenvalue weighted by Crippen LogP contribution is -2.51. The number of ether oxygens (including phenoxy) is 1. The van der Waals surface area contributed by atoms with Crippen molar-refractivity contribution in [3.63, 3.8) is 0 Å². The highest BCUT2D eigenvalue weighted by Gasteiger charge is 2.38. The number of alkyl halides is 2. The zero-order valence-electron chi connectivity index (χ0n) is 30.0. The van der Waals surface area contributed by atoms with Gasteiger partial charge in [0.05, 0.1) is 36.4 Å². The lowest BCUT2D eigenvalue weighted by molar-refractivity contribution is -0.0771. The van der Waals surface area contributed by atoms with Crippen LogP contribution in [0.4, 0.5) is 40.6 Å². The minimum Gasteiger partial charge on any atom is -0.494 e. The molecule has 0 aliphatic carbocycles. The third-order valence-electron chi connectivity index (χ3n) is 10.2. The molecule has 0 atom stereocenters. The van der Waals surface area contributed by atoms with Gasteiger partial charge < -0.3 is 20.3 Å². The number of fused-ring (bicyclic) bond motifs is 1. The number of methoxy groups -OCH3 is 1. The summed E-state index contributed by atoms with van der Waals surface area (Å²) < 4.78 is 64.4. The number of anilines is 4. The number of carbonyl (C=O) groups is 1. The standard InChI is InChI=1S/C41H38F4N8O2/c1-55-34-24-29(51-21-15-28(16-22-51)52-19-6-17-41(44,45)25-52)12-13-32(34)47-40-46-18-14-33(48-40)38-36(49-35-11-2-3-20-53(35)38)26-7-4-8-27(23-26)39(54)50-37-30(42)9-5-10-31(37)43/h2-5,7-14,18,20,23-24,28H,6,15-17,19,21-22,25H2,1H3,(H,50,54)(H,46,47,48). The fourth-order valence-electron chi connectivity index (χ4n) is 7.50. The smallest absolute Gasteiger partial charge is 0.260 e. The van der Waals surface area contributed by atoms with Crippen molar-refractivity contribution in [3.05, 3.63) is 115 Å². The third-order valence-corrected chi connectivity index (χ3v) is 10.2. The molecule has 2 fully saturated rings. The number of rotatable bonds is 9. The number of pyridine rings is 1. The number of likely N-dealkylation sites (tertiary alicyclic amines) is 1. The zero-order valence-corrected chi connectivity index (χ0v) is 30.0. The number of amides is 1. The van der Waals surface area contributed by atoms with Gasteiger partial charge in [0.1, 0.15) is 28.7 Å². The normalized spacial score (nSPS) is 16.3. The number of hydrogen-bond acceptors (Lipinski definition) is 8. The quantitative estimate of drug-likeness (QED) is 0.142. The maximum atomic E-state index is 14.3. The van der Waals surface area contributed by atoms with Gasteiger partial charge >= 0.3 is 0 Å². The summed E-state index contributed by atoms with van der Waals surface area (Å²) in [5, 5.41) is 5.63. The first-order valence-corrected chi connectivity index (χ1v) is 18.1. The van der Waals surface area contributed by atoms with Crippen LogP contribution in [0.5, 0.6) is 5.75 Å². The predicted octanol–water partition coefficient (Wildman–Crippen LogP) is 8.44. The average Bonchev–Trinajstić information content (AvgIpc) is 3.59. The topological polar surface area (TPSA) is 99.9 Å². The molecule has 6 aromatic rings. The Morgan fingerprint density at radius 2 is 1.71 bits per heavy atom. The highest BCUT2D eigenvalue weighted by atomic mass is 19.3. The first-order valence-electron chi connectivity index (χ1n) is 18.1. The van der Waals surface area contributed by atoms with Crippen LogP contribution in [0.1, 0.15) is 36.0 Å². The summed E-state index contributed by atoms with van der Waals surface area (Å²) in [6.07, 6.45) is 5.63. The molecule has 2 saturated heterocycles. The van der Waals surface area contributed by atoms with E-state index in [1.54, 1.807) is 43.6 Å². The Labute approximate surface area is 314 Å². The molecule has 55 heavy (non-hydrogen) atoms. The minimum absolute atomic E-state index is 0.0270. The van der Waals surface area contributed by atoms with Crippen molar-refractivity contribution in [2.24, 2.45) is 0 Å². The van der Waals surface area contributed by atoms with Crippen molar-refractivity contribution in [1.29, 1.82) is 0 Å². The SMILES string of the molecule is COc1cc(N2CCC(N3CCCC(F)(F)C3)CC2)ccc1Nc1nccc(-c2c(-c3cccc(C(=O)Nc4c(F)cccc4F)c3)nc3ccccn23)n1. The van der Waals surface area contributed by atoms with Gasteiger partial charge in [-0.15, -0.1) is 0 Å². The van der Waals surface area contributed by atoms with Crippen LogP contribution >= 0.6 is 0 Å². The minimum atomic E-state index is -2.61. The van der Waals surface area contributed by atoms with Crippen LogP contribution in [0.2, 0.25) is 0 Å². The Kier molecular flexibility index (Phi) is 9.82. The molecule has 0 saturated carbocycles. The Morgan fingerprint density at radius 3 is 2.49 bits per heavy atom. The molecule has 3 aromatic heterocycles. The molecule has 3 aromatic carbocycles. The summed E-state index contributed by atoms with van der Waals surface area (Å²) in [5.41, 5.74) is 4.21. The van der Waals surface area contributed by atoms with Crippen LogP contribution in [0.3, 0.4) is 0 Å². The Hall–Kier alpha value is -6.02. The summed E-state index contributed by atoms with van der Waals surface area (Å²) in [6, 6.07) is 23.4. The summed E-state index contributed by atoms with van der Waals surface area (Å²) in [7, 11) is 1.59. The fraction of sp³-hybridized carbons (Fsp3) is 0.268. The summed E-state index contributed by atoms with van der Waals surface area (Å²) in [4.78, 5) is 31.6. The van der Waals surface area contributed by atoms with E-state index in [1.807, 2.05) is 51.9 Å². The van der Waals surface area contributed by atoms with E-state index in [0.717, 1.165) is 50.3 Å². The number of nitrogens with zero attached hydrogens (tertiary/aromatic N) is 6. The van der Waals surface area contributed by atoms with Crippen molar-refractivity contribution in [1.82, 2.24) is 24.3 Å². The van der Waals surface area contributed by atoms with E-state index in [9.17, 15) is 22.4 Å². The van der Waals surface area contributed by atoms with Gasteiger partial charge in [-0.3, -0.25) is 14.1 Å². The molecule has 282 valence electrons. The lowest BCUT2D eigenvalue weighted by Gasteiger charge is -2.42. The maximum Gasteiger partial charge on any atom is 0.260 e. The van der Waals surface area contributed by atoms with Gasteiger partial charge in [0.2, 0.25) is 5.95 Å². The molecule has 5 heterocycles. The molecule has 0 spiro atoms. The number of para-hydroxylation sites is 1. The van der Waals surface area contributed by atoms with Crippen molar-refractivity contribution in [2.45, 2.75) is 37.6 Å². The van der Waals surface area contributed by atoms with E-state index in [4.69, 9.17) is 14.7 Å². The van der Waals surface area contributed by atoms with E-state index >= 15 is 0 Å². The Morgan fingerprint density at radius 1 is 0.909 bits per heavy atom. The zero-order chi connectivity index (χ0) is 38.1. The fourth-order valence-corrected chi connectivity index (χ4v) is 7.50. The first-order chi connectivity index (χ1) is 26.7. The molecular formula is C41H38F4N8O2. The molecule has 8 rings (SSSR count). The van der Waals surface area contributed by atoms with Crippen molar-refractivity contribution in [2.75, 3.05) is 48.8 Å². The summed E-state index contributed by atoms with van der Waals surface area (Å²) in [6.45, 7) is 2.09. The number of nitrogens with one attached hydrogen (secondary N) is 2. The molecule has 2 aliphatic heterocycles. The second-order valence-electron chi connectivity index (χ2n) is 13.8. The molecule has 0 unspecified atom stereocenters. The van der Waals surface area contributed by atoms with Crippen LogP contribution in [-0.4, -0.2) is 75.4 Å². The van der Waals surface area contributed by atoms with E-state index in [-0.39, 0.29) is 24.6 Å². The Balaban J connectivity index is 1.03. The number of carbonyl (C=O) groups excluding carboxylic acids is 1. The number of benzene rings is 3. The van der Waals surface area contributed by atoms with Crippen molar-refractivity contribution < 1.29 is 27.1 Å². The van der Waals surface area contributed by atoms with Gasteiger partial charge in [0, 0.05) is 60.8 Å². The van der Waals surface area contributed by atoms with E-state index in [1.165, 1.54) is 6.07 Å². The van der Waals surface area contributed by atoms with Crippen LogP contribution in [0, 0.1) is 11.6 Å². The molecule has 1 amide bonds. The van der Waals surface area contributed by atoms with E-state index in [0.29, 0.717) is 52.1 Å². The van der Waals surface area contributed by atoms with E-state index in [2.05, 4.69) is 20.5 Å². The van der Waals surface area contributed by atoms with Gasteiger partial charge in [-0.2, -0.15) is 0 Å². The molecule has 2 aliphatic rings. The maximum absolute atomic E-state index is 14.3.